The molecule has 96 valence electrons. The number of nitrogens with zero attached hydrogens (tertiary/aromatic N) is 5. The molecule has 0 aliphatic carbocycles. The molecule has 0 amide bonds. The van der Waals surface area contributed by atoms with Crippen LogP contribution in [0.15, 0.2) is 25.0 Å². The van der Waals surface area contributed by atoms with Gasteiger partial charge in [-0.3, -0.25) is 4.79 Å². The number of carbonyl (C=O) groups is 1. The van der Waals surface area contributed by atoms with E-state index in [2.05, 4.69) is 15.1 Å². The van der Waals surface area contributed by atoms with Crippen LogP contribution in [0, 0.1) is 0 Å². The van der Waals surface area contributed by atoms with E-state index in [9.17, 15) is 4.79 Å². The molecule has 0 bridgehead atoms. The molecular weight excluding hydrogens is 236 g/mol. The lowest BCUT2D eigenvalue weighted by Crippen LogP contribution is -2.15. The fourth-order valence-electron chi connectivity index (χ4n) is 1.42. The number of esters is 1. The fourth-order valence-corrected chi connectivity index (χ4v) is 1.42. The van der Waals surface area contributed by atoms with E-state index in [1.165, 1.54) is 11.0 Å². The first-order valence-corrected chi connectivity index (χ1v) is 5.50. The molecule has 2 heterocycles. The zero-order valence-electron chi connectivity index (χ0n) is 9.77. The van der Waals surface area contributed by atoms with Gasteiger partial charge in [-0.05, 0) is 6.42 Å². The summed E-state index contributed by atoms with van der Waals surface area (Å²) in [5, 5.41) is 3.79. The minimum atomic E-state index is -0.356. The Kier molecular flexibility index (Phi) is 3.90. The van der Waals surface area contributed by atoms with E-state index in [1.807, 2.05) is 10.8 Å². The second kappa shape index (κ2) is 5.80. The number of anilines is 1. The van der Waals surface area contributed by atoms with Crippen LogP contribution >= 0.6 is 0 Å². The van der Waals surface area contributed by atoms with Crippen LogP contribution in [0.2, 0.25) is 0 Å². The first-order valence-electron chi connectivity index (χ1n) is 5.50. The highest BCUT2D eigenvalue weighted by Crippen LogP contribution is 1.94. The smallest absolute Gasteiger partial charge is 0.327 e. The number of rotatable bonds is 6. The molecule has 8 nitrogen and oxygen atoms in total. The average molecular weight is 250 g/mol. The maximum Gasteiger partial charge on any atom is 0.327 e. The number of carbonyl (C=O) groups excluding carboxylic acids is 1. The van der Waals surface area contributed by atoms with Gasteiger partial charge in [-0.2, -0.15) is 0 Å². The van der Waals surface area contributed by atoms with E-state index in [1.54, 1.807) is 12.5 Å². The van der Waals surface area contributed by atoms with Gasteiger partial charge in [-0.15, -0.1) is 5.10 Å². The van der Waals surface area contributed by atoms with Crippen LogP contribution in [0.3, 0.4) is 0 Å². The number of nitrogen functional groups attached to an aromatic ring is 1. The third-order valence-corrected chi connectivity index (χ3v) is 2.23. The van der Waals surface area contributed by atoms with Gasteiger partial charge in [-0.1, -0.05) is 0 Å². The Bertz CT molecular complexity index is 492. The minimum absolute atomic E-state index is 0.0231. The SMILES string of the molecule is Nc1ncn(CC(=O)OCCCn2ccnc2)n1. The maximum atomic E-state index is 11.4. The Labute approximate surface area is 103 Å². The molecule has 8 heteroatoms. The van der Waals surface area contributed by atoms with Gasteiger partial charge in [0.1, 0.15) is 12.9 Å². The molecule has 0 radical (unpaired) electrons. The normalized spacial score (nSPS) is 10.4. The van der Waals surface area contributed by atoms with Crippen molar-refractivity contribution in [3.8, 4) is 0 Å². The average Bonchev–Trinajstić information content (AvgIpc) is 2.96. The summed E-state index contributed by atoms with van der Waals surface area (Å²) in [5.41, 5.74) is 5.33. The molecule has 0 spiro atoms. The van der Waals surface area contributed by atoms with E-state index in [-0.39, 0.29) is 18.5 Å². The van der Waals surface area contributed by atoms with Crippen LogP contribution < -0.4 is 5.73 Å². The van der Waals surface area contributed by atoms with Gasteiger partial charge in [-0.25, -0.2) is 14.6 Å². The predicted molar refractivity (Wildman–Crippen MR) is 62.2 cm³/mol. The van der Waals surface area contributed by atoms with Gasteiger partial charge < -0.3 is 15.0 Å². The van der Waals surface area contributed by atoms with Crippen molar-refractivity contribution in [2.24, 2.45) is 0 Å². The molecule has 0 atom stereocenters. The number of aryl methyl sites for hydroxylation is 1. The van der Waals surface area contributed by atoms with E-state index < -0.39 is 0 Å². The van der Waals surface area contributed by atoms with Crippen molar-refractivity contribution in [1.82, 2.24) is 24.3 Å². The molecule has 0 saturated carbocycles. The van der Waals surface area contributed by atoms with Crippen LogP contribution in [0.25, 0.3) is 0 Å². The topological polar surface area (TPSA) is 101 Å². The van der Waals surface area contributed by atoms with E-state index in [4.69, 9.17) is 10.5 Å². The quantitative estimate of drug-likeness (QED) is 0.557. The van der Waals surface area contributed by atoms with Crippen molar-refractivity contribution < 1.29 is 9.53 Å². The first-order chi connectivity index (χ1) is 8.74. The van der Waals surface area contributed by atoms with Crippen molar-refractivity contribution in [2.45, 2.75) is 19.5 Å². The maximum absolute atomic E-state index is 11.4. The van der Waals surface area contributed by atoms with E-state index >= 15 is 0 Å². The van der Waals surface area contributed by atoms with Gasteiger partial charge >= 0.3 is 5.97 Å². The number of hydrogen-bond donors (Lipinski definition) is 1. The fraction of sp³-hybridized carbons (Fsp3) is 0.400. The molecule has 0 aliphatic heterocycles. The Balaban J connectivity index is 1.63. The van der Waals surface area contributed by atoms with Crippen molar-refractivity contribution in [1.29, 1.82) is 0 Å². The summed E-state index contributed by atoms with van der Waals surface area (Å²) in [4.78, 5) is 19.0. The van der Waals surface area contributed by atoms with E-state index in [0.717, 1.165) is 13.0 Å². The van der Waals surface area contributed by atoms with Crippen LogP contribution in [-0.2, 0) is 22.6 Å². The van der Waals surface area contributed by atoms with Crippen molar-refractivity contribution in [3.63, 3.8) is 0 Å². The van der Waals surface area contributed by atoms with Gasteiger partial charge in [0.2, 0.25) is 5.95 Å². The first kappa shape index (κ1) is 12.1. The molecule has 0 aliphatic rings. The van der Waals surface area contributed by atoms with Crippen molar-refractivity contribution in [2.75, 3.05) is 12.3 Å². The van der Waals surface area contributed by atoms with Crippen LogP contribution in [-0.4, -0.2) is 36.9 Å². The number of ether oxygens (including phenoxy) is 1. The lowest BCUT2D eigenvalue weighted by atomic mass is 10.4. The molecule has 0 unspecified atom stereocenters. The summed E-state index contributed by atoms with van der Waals surface area (Å²) in [6.45, 7) is 1.15. The zero-order valence-corrected chi connectivity index (χ0v) is 9.77. The van der Waals surface area contributed by atoms with Crippen LogP contribution in [0.1, 0.15) is 6.42 Å². The summed E-state index contributed by atoms with van der Waals surface area (Å²) in [5.74, 6) is -0.214. The largest absolute Gasteiger partial charge is 0.464 e. The molecule has 0 aromatic carbocycles. The van der Waals surface area contributed by atoms with Crippen LogP contribution in [0.5, 0.6) is 0 Å². The molecule has 2 aromatic rings. The number of aromatic nitrogens is 5. The second-order valence-electron chi connectivity index (χ2n) is 3.67. The number of imidazole rings is 1. The predicted octanol–water partition coefficient (Wildman–Crippen LogP) is -0.310. The Morgan fingerprint density at radius 3 is 3.00 bits per heavy atom. The lowest BCUT2D eigenvalue weighted by Gasteiger charge is -2.05. The monoisotopic (exact) mass is 250 g/mol. The Morgan fingerprint density at radius 1 is 1.44 bits per heavy atom. The van der Waals surface area contributed by atoms with Gasteiger partial charge in [0.15, 0.2) is 0 Å². The molecule has 0 saturated heterocycles. The zero-order chi connectivity index (χ0) is 12.8. The Morgan fingerprint density at radius 2 is 2.33 bits per heavy atom. The molecule has 0 fully saturated rings. The van der Waals surface area contributed by atoms with Crippen molar-refractivity contribution >= 4 is 11.9 Å². The summed E-state index contributed by atoms with van der Waals surface area (Å²) < 4.78 is 8.31. The van der Waals surface area contributed by atoms with Crippen LogP contribution in [0.4, 0.5) is 5.95 Å². The second-order valence-corrected chi connectivity index (χ2v) is 3.67. The Hall–Kier alpha value is -2.38. The van der Waals surface area contributed by atoms with Crippen molar-refractivity contribution in [3.05, 3.63) is 25.0 Å². The molecular formula is C10H14N6O2. The highest BCUT2D eigenvalue weighted by atomic mass is 16.5. The van der Waals surface area contributed by atoms with Gasteiger partial charge in [0.05, 0.1) is 12.9 Å². The lowest BCUT2D eigenvalue weighted by molar-refractivity contribution is -0.144. The summed E-state index contributed by atoms with van der Waals surface area (Å²) in [6.07, 6.45) is 7.42. The summed E-state index contributed by atoms with van der Waals surface area (Å²) in [6, 6.07) is 0. The highest BCUT2D eigenvalue weighted by Gasteiger charge is 2.05. The number of hydrogen-bond acceptors (Lipinski definition) is 6. The molecule has 2 aromatic heterocycles. The highest BCUT2D eigenvalue weighted by molar-refractivity contribution is 5.68. The standard InChI is InChI=1S/C10H14N6O2/c11-10-13-8-16(14-10)6-9(17)18-5-1-3-15-4-2-12-7-15/h2,4,7-8H,1,3,5-6H2,(H2,11,14). The molecule has 2 N–H and O–H groups in total. The van der Waals surface area contributed by atoms with E-state index in [0.29, 0.717) is 6.61 Å². The van der Waals surface area contributed by atoms with Gasteiger partial charge in [0.25, 0.3) is 0 Å². The minimum Gasteiger partial charge on any atom is -0.464 e. The van der Waals surface area contributed by atoms with Gasteiger partial charge in [0, 0.05) is 18.9 Å². The molecule has 2 rings (SSSR count). The number of nitrogens with two attached hydrogens (primary N) is 1. The third-order valence-electron chi connectivity index (χ3n) is 2.23. The summed E-state index contributed by atoms with van der Waals surface area (Å²) >= 11 is 0. The summed E-state index contributed by atoms with van der Waals surface area (Å²) in [7, 11) is 0. The molecule has 18 heavy (non-hydrogen) atoms. The third kappa shape index (κ3) is 3.58.